The molecular weight excluding hydrogens is 496 g/mol. The third-order valence-electron chi connectivity index (χ3n) is 8.80. The summed E-state index contributed by atoms with van der Waals surface area (Å²) in [4.78, 5) is 6.10. The standard InChI is InChI=1S/C39H30N2/c1-39(2)35-19-10-9-16-31(35)33-24-26(20-22-36(33)39)30-17-11-18-32-34-25-29(21-23-37(34)40-38(30)32)41(27-12-5-3-6-13-27)28-14-7-4-8-15-28/h3-25,40H,1-2H3. The van der Waals surface area contributed by atoms with Gasteiger partial charge in [-0.1, -0.05) is 105 Å². The van der Waals surface area contributed by atoms with Crippen molar-refractivity contribution in [2.45, 2.75) is 19.3 Å². The number of para-hydroxylation sites is 3. The van der Waals surface area contributed by atoms with Crippen LogP contribution in [0.4, 0.5) is 17.1 Å². The maximum Gasteiger partial charge on any atom is 0.0544 e. The number of hydrogen-bond acceptors (Lipinski definition) is 1. The number of nitrogens with zero attached hydrogens (tertiary/aromatic N) is 1. The van der Waals surface area contributed by atoms with Gasteiger partial charge < -0.3 is 9.88 Å². The topological polar surface area (TPSA) is 19.0 Å². The molecule has 0 atom stereocenters. The molecule has 0 amide bonds. The van der Waals surface area contributed by atoms with Crippen molar-refractivity contribution in [2.24, 2.45) is 0 Å². The van der Waals surface area contributed by atoms with Gasteiger partial charge in [-0.3, -0.25) is 0 Å². The van der Waals surface area contributed by atoms with E-state index in [9.17, 15) is 0 Å². The molecule has 2 nitrogen and oxygen atoms in total. The smallest absolute Gasteiger partial charge is 0.0544 e. The molecule has 0 saturated carbocycles. The van der Waals surface area contributed by atoms with Crippen molar-refractivity contribution in [3.8, 4) is 22.3 Å². The second kappa shape index (κ2) is 8.97. The van der Waals surface area contributed by atoms with Crippen LogP contribution in [0.1, 0.15) is 25.0 Å². The van der Waals surface area contributed by atoms with Crippen LogP contribution < -0.4 is 4.90 Å². The monoisotopic (exact) mass is 526 g/mol. The largest absolute Gasteiger partial charge is 0.354 e. The predicted octanol–water partition coefficient (Wildman–Crippen LogP) is 10.8. The fourth-order valence-electron chi connectivity index (χ4n) is 6.78. The molecule has 1 aliphatic carbocycles. The van der Waals surface area contributed by atoms with Crippen LogP contribution in [0.15, 0.2) is 140 Å². The average molecular weight is 527 g/mol. The number of hydrogen-bond donors (Lipinski definition) is 1. The lowest BCUT2D eigenvalue weighted by atomic mass is 9.82. The lowest BCUT2D eigenvalue weighted by Gasteiger charge is -2.25. The molecule has 8 rings (SSSR count). The van der Waals surface area contributed by atoms with Gasteiger partial charge in [0.05, 0.1) is 5.52 Å². The minimum absolute atomic E-state index is 0.0113. The second-order valence-electron chi connectivity index (χ2n) is 11.5. The third-order valence-corrected chi connectivity index (χ3v) is 8.80. The van der Waals surface area contributed by atoms with Gasteiger partial charge in [-0.15, -0.1) is 0 Å². The Morgan fingerprint density at radius 3 is 1.90 bits per heavy atom. The summed E-state index contributed by atoms with van der Waals surface area (Å²) in [7, 11) is 0. The maximum absolute atomic E-state index is 3.78. The first kappa shape index (κ1) is 23.8. The maximum atomic E-state index is 3.78. The summed E-state index contributed by atoms with van der Waals surface area (Å²) in [5.74, 6) is 0. The molecule has 0 saturated heterocycles. The number of rotatable bonds is 4. The number of fused-ring (bicyclic) bond motifs is 6. The Bertz CT molecular complexity index is 2030. The summed E-state index contributed by atoms with van der Waals surface area (Å²) >= 11 is 0. The Morgan fingerprint density at radius 2 is 1.15 bits per heavy atom. The van der Waals surface area contributed by atoms with Crippen molar-refractivity contribution in [1.82, 2.24) is 4.98 Å². The molecule has 1 heterocycles. The zero-order valence-corrected chi connectivity index (χ0v) is 23.2. The molecule has 1 aromatic heterocycles. The highest BCUT2D eigenvalue weighted by molar-refractivity contribution is 6.13. The first-order valence-corrected chi connectivity index (χ1v) is 14.3. The van der Waals surface area contributed by atoms with Gasteiger partial charge in [0.2, 0.25) is 0 Å². The van der Waals surface area contributed by atoms with Crippen LogP contribution in [-0.2, 0) is 5.41 Å². The number of benzene rings is 6. The molecular formula is C39H30N2. The van der Waals surface area contributed by atoms with Gasteiger partial charge in [0.1, 0.15) is 0 Å². The van der Waals surface area contributed by atoms with Gasteiger partial charge in [-0.25, -0.2) is 0 Å². The number of aromatic amines is 1. The van der Waals surface area contributed by atoms with E-state index in [0.717, 1.165) is 22.6 Å². The minimum atomic E-state index is 0.0113. The molecule has 2 heteroatoms. The molecule has 196 valence electrons. The Hall–Kier alpha value is -5.08. The Kier molecular flexibility index (Phi) is 5.20. The molecule has 1 N–H and O–H groups in total. The van der Waals surface area contributed by atoms with E-state index in [1.807, 2.05) is 0 Å². The van der Waals surface area contributed by atoms with Crippen LogP contribution in [0.5, 0.6) is 0 Å². The first-order valence-electron chi connectivity index (χ1n) is 14.3. The summed E-state index contributed by atoms with van der Waals surface area (Å²) in [6, 6.07) is 50.5. The first-order chi connectivity index (χ1) is 20.1. The SMILES string of the molecule is CC1(C)c2ccccc2-c2cc(-c3cccc4c3[nH]c3ccc(N(c5ccccc5)c5ccccc5)cc34)ccc21. The predicted molar refractivity (Wildman–Crippen MR) is 173 cm³/mol. The highest BCUT2D eigenvalue weighted by atomic mass is 15.1. The molecule has 7 aromatic rings. The van der Waals surface area contributed by atoms with Gasteiger partial charge in [-0.2, -0.15) is 0 Å². The van der Waals surface area contributed by atoms with Crippen LogP contribution in [0.2, 0.25) is 0 Å². The zero-order valence-electron chi connectivity index (χ0n) is 23.2. The van der Waals surface area contributed by atoms with Gasteiger partial charge in [0.25, 0.3) is 0 Å². The van der Waals surface area contributed by atoms with Crippen molar-refractivity contribution < 1.29 is 0 Å². The van der Waals surface area contributed by atoms with Gasteiger partial charge in [-0.05, 0) is 76.3 Å². The van der Waals surface area contributed by atoms with Crippen LogP contribution in [0.3, 0.4) is 0 Å². The average Bonchev–Trinajstić information content (AvgIpc) is 3.50. The molecule has 0 unspecified atom stereocenters. The number of anilines is 3. The Morgan fingerprint density at radius 1 is 0.488 bits per heavy atom. The molecule has 6 aromatic carbocycles. The number of aromatic nitrogens is 1. The zero-order chi connectivity index (χ0) is 27.6. The summed E-state index contributed by atoms with van der Waals surface area (Å²) in [6.07, 6.45) is 0. The molecule has 41 heavy (non-hydrogen) atoms. The molecule has 0 radical (unpaired) electrons. The molecule has 0 fully saturated rings. The minimum Gasteiger partial charge on any atom is -0.354 e. The van der Waals surface area contributed by atoms with Crippen molar-refractivity contribution in [3.63, 3.8) is 0 Å². The van der Waals surface area contributed by atoms with Crippen molar-refractivity contribution >= 4 is 38.9 Å². The van der Waals surface area contributed by atoms with E-state index in [4.69, 9.17) is 0 Å². The van der Waals surface area contributed by atoms with Crippen LogP contribution in [-0.4, -0.2) is 4.98 Å². The molecule has 0 bridgehead atoms. The lowest BCUT2D eigenvalue weighted by Crippen LogP contribution is -2.14. The van der Waals surface area contributed by atoms with Crippen LogP contribution in [0, 0.1) is 0 Å². The number of H-pyrrole nitrogens is 1. The quantitative estimate of drug-likeness (QED) is 0.242. The van der Waals surface area contributed by atoms with E-state index in [1.165, 1.54) is 49.7 Å². The Labute approximate surface area is 240 Å². The fourth-order valence-corrected chi connectivity index (χ4v) is 6.78. The summed E-state index contributed by atoms with van der Waals surface area (Å²) in [5.41, 5.74) is 13.7. The van der Waals surface area contributed by atoms with Crippen molar-refractivity contribution in [1.29, 1.82) is 0 Å². The van der Waals surface area contributed by atoms with E-state index >= 15 is 0 Å². The van der Waals surface area contributed by atoms with E-state index in [1.54, 1.807) is 0 Å². The highest BCUT2D eigenvalue weighted by Crippen LogP contribution is 2.50. The summed E-state index contributed by atoms with van der Waals surface area (Å²) in [5, 5.41) is 2.46. The highest BCUT2D eigenvalue weighted by Gasteiger charge is 2.35. The second-order valence-corrected chi connectivity index (χ2v) is 11.5. The van der Waals surface area contributed by atoms with Crippen molar-refractivity contribution in [2.75, 3.05) is 4.90 Å². The van der Waals surface area contributed by atoms with Crippen LogP contribution in [0.25, 0.3) is 44.1 Å². The molecule has 0 aliphatic heterocycles. The lowest BCUT2D eigenvalue weighted by molar-refractivity contribution is 0.660. The normalized spacial score (nSPS) is 13.3. The fraction of sp³-hybridized carbons (Fsp3) is 0.0769. The van der Waals surface area contributed by atoms with E-state index in [-0.39, 0.29) is 5.41 Å². The summed E-state index contributed by atoms with van der Waals surface area (Å²) in [6.45, 7) is 4.67. The molecule has 1 aliphatic rings. The van der Waals surface area contributed by atoms with E-state index in [0.29, 0.717) is 0 Å². The van der Waals surface area contributed by atoms with Gasteiger partial charge >= 0.3 is 0 Å². The van der Waals surface area contributed by atoms with Gasteiger partial charge in [0.15, 0.2) is 0 Å². The number of nitrogens with one attached hydrogen (secondary N) is 1. The third kappa shape index (κ3) is 3.64. The van der Waals surface area contributed by atoms with E-state index < -0.39 is 0 Å². The summed E-state index contributed by atoms with van der Waals surface area (Å²) < 4.78 is 0. The van der Waals surface area contributed by atoms with Gasteiger partial charge in [0, 0.05) is 44.3 Å². The van der Waals surface area contributed by atoms with E-state index in [2.05, 4.69) is 163 Å². The van der Waals surface area contributed by atoms with Crippen molar-refractivity contribution in [3.05, 3.63) is 151 Å². The van der Waals surface area contributed by atoms with Crippen LogP contribution >= 0.6 is 0 Å². The molecule has 0 spiro atoms. The Balaban J connectivity index is 1.29.